The Balaban J connectivity index is 2.05. The molecule has 2 rings (SSSR count). The van der Waals surface area contributed by atoms with Gasteiger partial charge in [0, 0.05) is 11.8 Å². The molecule has 3 nitrogen and oxygen atoms in total. The molecule has 0 heterocycles. The quantitative estimate of drug-likeness (QED) is 0.803. The number of methoxy groups -OCH3 is 1. The molecule has 0 fully saturated rings. The monoisotopic (exact) mass is 314 g/mol. The molecule has 0 aliphatic rings. The van der Waals surface area contributed by atoms with Gasteiger partial charge in [-0.25, -0.2) is 0 Å². The molecule has 1 atom stereocenters. The molecule has 0 saturated carbocycles. The summed E-state index contributed by atoms with van der Waals surface area (Å²) in [5.74, 6) is 1.23. The van der Waals surface area contributed by atoms with Gasteiger partial charge < -0.3 is 15.4 Å². The molecule has 0 spiro atoms. The van der Waals surface area contributed by atoms with Crippen molar-refractivity contribution in [3.63, 3.8) is 0 Å². The Labute approximate surface area is 137 Å². The zero-order valence-corrected chi connectivity index (χ0v) is 14.0. The highest BCUT2D eigenvalue weighted by molar-refractivity contribution is 7.80. The first-order valence-electron chi connectivity index (χ1n) is 7.36. The van der Waals surface area contributed by atoms with E-state index in [0.717, 1.165) is 11.4 Å². The van der Waals surface area contributed by atoms with Crippen LogP contribution in [0.1, 0.15) is 25.5 Å². The Morgan fingerprint density at radius 3 is 2.41 bits per heavy atom. The van der Waals surface area contributed by atoms with E-state index in [-0.39, 0.29) is 6.04 Å². The van der Waals surface area contributed by atoms with Gasteiger partial charge in [-0.3, -0.25) is 0 Å². The van der Waals surface area contributed by atoms with Gasteiger partial charge in [0.1, 0.15) is 5.75 Å². The molecule has 0 bridgehead atoms. The van der Waals surface area contributed by atoms with Gasteiger partial charge in [-0.15, -0.1) is 0 Å². The van der Waals surface area contributed by atoms with E-state index in [1.165, 1.54) is 5.56 Å². The number of thiocarbonyl (C=S) groups is 1. The zero-order valence-electron chi connectivity index (χ0n) is 13.2. The van der Waals surface area contributed by atoms with Crippen LogP contribution in [0.4, 0.5) is 5.69 Å². The lowest BCUT2D eigenvalue weighted by Gasteiger charge is -2.24. The first kappa shape index (κ1) is 16.3. The Morgan fingerprint density at radius 1 is 1.05 bits per heavy atom. The molecule has 4 heteroatoms. The minimum Gasteiger partial charge on any atom is -0.497 e. The standard InChI is InChI=1S/C18H22N2OS/c1-13(2)17(14-8-5-4-6-9-14)20-18(22)19-15-10-7-11-16(12-15)21-3/h4-13,17H,1-3H3,(H2,19,20,22)/t17-/m0/s1. The maximum absolute atomic E-state index is 5.45. The summed E-state index contributed by atoms with van der Waals surface area (Å²) in [6.45, 7) is 4.36. The van der Waals surface area contributed by atoms with Crippen LogP contribution >= 0.6 is 12.2 Å². The molecule has 2 aromatic rings. The summed E-state index contributed by atoms with van der Waals surface area (Å²) >= 11 is 5.45. The highest BCUT2D eigenvalue weighted by Crippen LogP contribution is 2.22. The van der Waals surface area contributed by atoms with Crippen molar-refractivity contribution >= 4 is 23.0 Å². The zero-order chi connectivity index (χ0) is 15.9. The van der Waals surface area contributed by atoms with Crippen molar-refractivity contribution in [2.75, 3.05) is 12.4 Å². The highest BCUT2D eigenvalue weighted by atomic mass is 32.1. The van der Waals surface area contributed by atoms with Crippen LogP contribution in [-0.2, 0) is 0 Å². The van der Waals surface area contributed by atoms with Crippen molar-refractivity contribution < 1.29 is 4.74 Å². The molecule has 22 heavy (non-hydrogen) atoms. The molecular formula is C18H22N2OS. The van der Waals surface area contributed by atoms with E-state index in [9.17, 15) is 0 Å². The van der Waals surface area contributed by atoms with Crippen LogP contribution in [-0.4, -0.2) is 12.2 Å². The number of nitrogens with one attached hydrogen (secondary N) is 2. The van der Waals surface area contributed by atoms with Crippen LogP contribution in [0, 0.1) is 5.92 Å². The number of ether oxygens (including phenoxy) is 1. The van der Waals surface area contributed by atoms with Crippen LogP contribution < -0.4 is 15.4 Å². The van der Waals surface area contributed by atoms with Gasteiger partial charge in [0.2, 0.25) is 0 Å². The van der Waals surface area contributed by atoms with Gasteiger partial charge in [-0.1, -0.05) is 50.2 Å². The van der Waals surface area contributed by atoms with Gasteiger partial charge in [0.05, 0.1) is 13.2 Å². The summed E-state index contributed by atoms with van der Waals surface area (Å²) in [5.41, 5.74) is 2.14. The van der Waals surface area contributed by atoms with E-state index >= 15 is 0 Å². The second kappa shape index (κ2) is 7.80. The number of anilines is 1. The van der Waals surface area contributed by atoms with Gasteiger partial charge in [0.15, 0.2) is 5.11 Å². The Morgan fingerprint density at radius 2 is 1.77 bits per heavy atom. The Hall–Kier alpha value is -2.07. The molecule has 0 aliphatic heterocycles. The highest BCUT2D eigenvalue weighted by Gasteiger charge is 2.16. The van der Waals surface area contributed by atoms with Crippen LogP contribution in [0.15, 0.2) is 54.6 Å². The fourth-order valence-electron chi connectivity index (χ4n) is 2.30. The molecule has 0 radical (unpaired) electrons. The molecule has 0 amide bonds. The molecule has 2 aromatic carbocycles. The van der Waals surface area contributed by atoms with Crippen molar-refractivity contribution in [2.45, 2.75) is 19.9 Å². The van der Waals surface area contributed by atoms with E-state index in [1.807, 2.05) is 42.5 Å². The van der Waals surface area contributed by atoms with Gasteiger partial charge in [-0.2, -0.15) is 0 Å². The average Bonchev–Trinajstić information content (AvgIpc) is 2.53. The number of hydrogen-bond donors (Lipinski definition) is 2. The van der Waals surface area contributed by atoms with Crippen LogP contribution in [0.5, 0.6) is 5.75 Å². The van der Waals surface area contributed by atoms with E-state index < -0.39 is 0 Å². The third kappa shape index (κ3) is 4.46. The summed E-state index contributed by atoms with van der Waals surface area (Å²) in [6.07, 6.45) is 0. The summed E-state index contributed by atoms with van der Waals surface area (Å²) in [5, 5.41) is 7.22. The maximum atomic E-state index is 5.45. The summed E-state index contributed by atoms with van der Waals surface area (Å²) in [7, 11) is 1.65. The van der Waals surface area contributed by atoms with E-state index in [1.54, 1.807) is 7.11 Å². The molecule has 116 valence electrons. The summed E-state index contributed by atoms with van der Waals surface area (Å²) < 4.78 is 5.22. The maximum Gasteiger partial charge on any atom is 0.171 e. The Bertz CT molecular complexity index is 613. The fourth-order valence-corrected chi connectivity index (χ4v) is 2.55. The lowest BCUT2D eigenvalue weighted by molar-refractivity contribution is 0.415. The second-order valence-corrected chi connectivity index (χ2v) is 5.87. The number of benzene rings is 2. The average molecular weight is 314 g/mol. The lowest BCUT2D eigenvalue weighted by atomic mass is 9.96. The molecule has 0 saturated heterocycles. The van der Waals surface area contributed by atoms with Crippen LogP contribution in [0.2, 0.25) is 0 Å². The SMILES string of the molecule is COc1cccc(NC(=S)N[C@H](c2ccccc2)C(C)C)c1. The van der Waals surface area contributed by atoms with Crippen LogP contribution in [0.3, 0.4) is 0 Å². The predicted molar refractivity (Wildman–Crippen MR) is 96.4 cm³/mol. The molecule has 0 aliphatic carbocycles. The lowest BCUT2D eigenvalue weighted by Crippen LogP contribution is -2.34. The number of rotatable bonds is 5. The van der Waals surface area contributed by atoms with Crippen molar-refractivity contribution in [1.29, 1.82) is 0 Å². The van der Waals surface area contributed by atoms with Crippen molar-refractivity contribution in [2.24, 2.45) is 5.92 Å². The third-order valence-electron chi connectivity index (χ3n) is 3.44. The minimum absolute atomic E-state index is 0.173. The predicted octanol–water partition coefficient (Wildman–Crippen LogP) is 4.38. The van der Waals surface area contributed by atoms with E-state index in [4.69, 9.17) is 17.0 Å². The van der Waals surface area contributed by atoms with Crippen molar-refractivity contribution in [3.8, 4) is 5.75 Å². The Kier molecular flexibility index (Phi) is 5.78. The normalized spacial score (nSPS) is 11.8. The van der Waals surface area contributed by atoms with Crippen molar-refractivity contribution in [1.82, 2.24) is 5.32 Å². The first-order chi connectivity index (χ1) is 10.6. The van der Waals surface area contributed by atoms with Crippen molar-refractivity contribution in [3.05, 3.63) is 60.2 Å². The van der Waals surface area contributed by atoms with Gasteiger partial charge >= 0.3 is 0 Å². The summed E-state index contributed by atoms with van der Waals surface area (Å²) in [4.78, 5) is 0. The van der Waals surface area contributed by atoms with Gasteiger partial charge in [0.25, 0.3) is 0 Å². The molecule has 2 N–H and O–H groups in total. The van der Waals surface area contributed by atoms with Gasteiger partial charge in [-0.05, 0) is 35.8 Å². The third-order valence-corrected chi connectivity index (χ3v) is 3.66. The molecule has 0 unspecified atom stereocenters. The minimum atomic E-state index is 0.173. The topological polar surface area (TPSA) is 33.3 Å². The molecular weight excluding hydrogens is 292 g/mol. The second-order valence-electron chi connectivity index (χ2n) is 5.46. The summed E-state index contributed by atoms with van der Waals surface area (Å²) in [6, 6.07) is 18.2. The fraction of sp³-hybridized carbons (Fsp3) is 0.278. The number of hydrogen-bond acceptors (Lipinski definition) is 2. The van der Waals surface area contributed by atoms with E-state index in [0.29, 0.717) is 11.0 Å². The smallest absolute Gasteiger partial charge is 0.171 e. The first-order valence-corrected chi connectivity index (χ1v) is 7.77. The van der Waals surface area contributed by atoms with E-state index in [2.05, 4.69) is 36.6 Å². The largest absolute Gasteiger partial charge is 0.497 e. The molecule has 0 aromatic heterocycles. The van der Waals surface area contributed by atoms with Crippen LogP contribution in [0.25, 0.3) is 0 Å².